The van der Waals surface area contributed by atoms with Crippen molar-refractivity contribution in [2.75, 3.05) is 36.5 Å². The van der Waals surface area contributed by atoms with Gasteiger partial charge in [-0.1, -0.05) is 12.1 Å². The Bertz CT molecular complexity index is 970. The van der Waals surface area contributed by atoms with E-state index in [1.54, 1.807) is 35.4 Å². The van der Waals surface area contributed by atoms with E-state index in [1.807, 2.05) is 0 Å². The van der Waals surface area contributed by atoms with Crippen molar-refractivity contribution in [2.24, 2.45) is 0 Å². The van der Waals surface area contributed by atoms with Crippen molar-refractivity contribution < 1.29 is 13.9 Å². The number of hydrogen-bond acceptors (Lipinski definition) is 6. The van der Waals surface area contributed by atoms with Crippen molar-refractivity contribution in [1.82, 2.24) is 19.7 Å². The molecule has 1 aromatic carbocycles. The highest BCUT2D eigenvalue weighted by Crippen LogP contribution is 2.22. The predicted molar refractivity (Wildman–Crippen MR) is 101 cm³/mol. The fourth-order valence-corrected chi connectivity index (χ4v) is 3.06. The van der Waals surface area contributed by atoms with Crippen LogP contribution < -0.4 is 10.2 Å². The Morgan fingerprint density at radius 1 is 1.25 bits per heavy atom. The van der Waals surface area contributed by atoms with E-state index in [1.165, 1.54) is 18.5 Å². The van der Waals surface area contributed by atoms with E-state index in [4.69, 9.17) is 4.74 Å². The average molecular weight is 382 g/mol. The van der Waals surface area contributed by atoms with E-state index in [9.17, 15) is 9.18 Å². The summed E-state index contributed by atoms with van der Waals surface area (Å²) >= 11 is 0. The number of morpholine rings is 1. The lowest BCUT2D eigenvalue weighted by atomic mass is 10.1. The molecule has 1 aliphatic heterocycles. The number of rotatable bonds is 5. The third-order valence-corrected chi connectivity index (χ3v) is 4.36. The van der Waals surface area contributed by atoms with E-state index in [0.717, 1.165) is 18.8 Å². The smallest absolute Gasteiger partial charge is 0.228 e. The summed E-state index contributed by atoms with van der Waals surface area (Å²) in [7, 11) is 0. The van der Waals surface area contributed by atoms with E-state index in [2.05, 4.69) is 25.3 Å². The number of halogens is 1. The van der Waals surface area contributed by atoms with Crippen LogP contribution in [0.1, 0.15) is 5.56 Å². The summed E-state index contributed by atoms with van der Waals surface area (Å²) < 4.78 is 20.3. The molecule has 0 saturated carbocycles. The molecule has 1 fully saturated rings. The van der Waals surface area contributed by atoms with Crippen molar-refractivity contribution in [1.29, 1.82) is 0 Å². The molecule has 9 heteroatoms. The average Bonchev–Trinajstić information content (AvgIpc) is 3.17. The van der Waals surface area contributed by atoms with Gasteiger partial charge in [-0.05, 0) is 17.7 Å². The largest absolute Gasteiger partial charge is 0.378 e. The van der Waals surface area contributed by atoms with E-state index in [-0.39, 0.29) is 18.1 Å². The van der Waals surface area contributed by atoms with E-state index in [0.29, 0.717) is 30.3 Å². The Balaban J connectivity index is 1.48. The SMILES string of the molecule is O=C(Cc1cccc(F)c1)Nc1cnn(-c2ncncc2N2CCOCC2)c1. The number of carbonyl (C=O) groups excluding carboxylic acids is 1. The van der Waals surface area contributed by atoms with Crippen molar-refractivity contribution in [3.8, 4) is 5.82 Å². The maximum Gasteiger partial charge on any atom is 0.228 e. The zero-order valence-electron chi connectivity index (χ0n) is 15.1. The molecule has 0 aliphatic carbocycles. The van der Waals surface area contributed by atoms with E-state index >= 15 is 0 Å². The number of hydrogen-bond donors (Lipinski definition) is 1. The zero-order valence-corrected chi connectivity index (χ0v) is 15.1. The fourth-order valence-electron chi connectivity index (χ4n) is 3.06. The monoisotopic (exact) mass is 382 g/mol. The van der Waals surface area contributed by atoms with Crippen LogP contribution in [0.5, 0.6) is 0 Å². The van der Waals surface area contributed by atoms with Crippen LogP contribution in [-0.2, 0) is 16.0 Å². The first kappa shape index (κ1) is 18.1. The van der Waals surface area contributed by atoms with Crippen LogP contribution in [0.15, 0.2) is 49.2 Å². The number of amides is 1. The lowest BCUT2D eigenvalue weighted by Gasteiger charge is -2.29. The maximum absolute atomic E-state index is 13.3. The number of carbonyl (C=O) groups is 1. The normalized spacial score (nSPS) is 14.1. The Kier molecular flexibility index (Phi) is 5.24. The number of benzene rings is 1. The molecule has 1 N–H and O–H groups in total. The first-order valence-corrected chi connectivity index (χ1v) is 8.91. The van der Waals surface area contributed by atoms with Gasteiger partial charge in [0.15, 0.2) is 5.82 Å². The minimum Gasteiger partial charge on any atom is -0.378 e. The number of nitrogens with zero attached hydrogens (tertiary/aromatic N) is 5. The standard InChI is InChI=1S/C19H19FN6O2/c20-15-3-1-2-14(8-15)9-18(27)24-16-10-23-26(12-16)19-17(11-21-13-22-19)25-4-6-28-7-5-25/h1-3,8,10-13H,4-7,9H2,(H,24,27). The number of nitrogens with one attached hydrogen (secondary N) is 1. The lowest BCUT2D eigenvalue weighted by Crippen LogP contribution is -2.37. The van der Waals surface area contributed by atoms with Gasteiger partial charge in [-0.3, -0.25) is 4.79 Å². The summed E-state index contributed by atoms with van der Waals surface area (Å²) in [5, 5.41) is 7.09. The third-order valence-electron chi connectivity index (χ3n) is 4.36. The van der Waals surface area contributed by atoms with E-state index < -0.39 is 0 Å². The van der Waals surface area contributed by atoms with Gasteiger partial charge in [0, 0.05) is 13.1 Å². The van der Waals surface area contributed by atoms with Crippen LogP contribution in [0, 0.1) is 5.82 Å². The summed E-state index contributed by atoms with van der Waals surface area (Å²) in [6, 6.07) is 5.98. The molecule has 0 spiro atoms. The van der Waals surface area contributed by atoms with Crippen LogP contribution in [0.3, 0.4) is 0 Å². The highest BCUT2D eigenvalue weighted by Gasteiger charge is 2.18. The predicted octanol–water partition coefficient (Wildman–Crippen LogP) is 1.82. The lowest BCUT2D eigenvalue weighted by molar-refractivity contribution is -0.115. The fraction of sp³-hybridized carbons (Fsp3) is 0.263. The summed E-state index contributed by atoms with van der Waals surface area (Å²) in [5.74, 6) is 0.0151. The Morgan fingerprint density at radius 3 is 2.93 bits per heavy atom. The van der Waals surface area contributed by atoms with Crippen molar-refractivity contribution in [3.05, 3.63) is 60.6 Å². The molecule has 0 radical (unpaired) electrons. The number of aromatic nitrogens is 4. The van der Waals surface area contributed by atoms with Crippen LogP contribution in [0.2, 0.25) is 0 Å². The van der Waals surface area contributed by atoms with Gasteiger partial charge in [0.05, 0.1) is 43.9 Å². The molecule has 8 nitrogen and oxygen atoms in total. The molecule has 4 rings (SSSR count). The second-order valence-corrected chi connectivity index (χ2v) is 6.36. The van der Waals surface area contributed by atoms with Crippen molar-refractivity contribution in [2.45, 2.75) is 6.42 Å². The van der Waals surface area contributed by atoms with Gasteiger partial charge >= 0.3 is 0 Å². The quantitative estimate of drug-likeness (QED) is 0.725. The summed E-state index contributed by atoms with van der Waals surface area (Å²) in [6.07, 6.45) is 6.53. The summed E-state index contributed by atoms with van der Waals surface area (Å²) in [6.45, 7) is 2.79. The van der Waals surface area contributed by atoms with Gasteiger partial charge in [0.1, 0.15) is 17.8 Å². The van der Waals surface area contributed by atoms with Gasteiger partial charge in [0.25, 0.3) is 0 Å². The second-order valence-electron chi connectivity index (χ2n) is 6.36. The van der Waals surface area contributed by atoms with Gasteiger partial charge in [0.2, 0.25) is 5.91 Å². The van der Waals surface area contributed by atoms with Crippen LogP contribution in [0.4, 0.5) is 15.8 Å². The van der Waals surface area contributed by atoms with Gasteiger partial charge in [-0.15, -0.1) is 0 Å². The maximum atomic E-state index is 13.3. The molecule has 2 aromatic heterocycles. The van der Waals surface area contributed by atoms with Crippen molar-refractivity contribution >= 4 is 17.3 Å². The molecule has 1 aliphatic rings. The van der Waals surface area contributed by atoms with Gasteiger partial charge in [-0.2, -0.15) is 5.10 Å². The summed E-state index contributed by atoms with van der Waals surface area (Å²) in [4.78, 5) is 22.8. The minimum atomic E-state index is -0.363. The molecule has 3 heterocycles. The number of anilines is 2. The van der Waals surface area contributed by atoms with Crippen LogP contribution in [0.25, 0.3) is 5.82 Å². The zero-order chi connectivity index (χ0) is 19.3. The second kappa shape index (κ2) is 8.13. The molecule has 0 bridgehead atoms. The molecule has 1 amide bonds. The first-order chi connectivity index (χ1) is 13.7. The first-order valence-electron chi connectivity index (χ1n) is 8.91. The van der Waals surface area contributed by atoms with Crippen LogP contribution >= 0.6 is 0 Å². The molecular formula is C19H19FN6O2. The molecule has 0 unspecified atom stereocenters. The third kappa shape index (κ3) is 4.15. The minimum absolute atomic E-state index is 0.0788. The molecule has 144 valence electrons. The number of ether oxygens (including phenoxy) is 1. The molecule has 3 aromatic rings. The highest BCUT2D eigenvalue weighted by molar-refractivity contribution is 5.92. The Morgan fingerprint density at radius 2 is 2.11 bits per heavy atom. The van der Waals surface area contributed by atoms with Gasteiger partial charge in [-0.25, -0.2) is 19.0 Å². The molecule has 28 heavy (non-hydrogen) atoms. The van der Waals surface area contributed by atoms with Gasteiger partial charge < -0.3 is 15.0 Å². The Hall–Kier alpha value is -3.33. The van der Waals surface area contributed by atoms with Crippen LogP contribution in [-0.4, -0.2) is 52.0 Å². The van der Waals surface area contributed by atoms with Crippen molar-refractivity contribution in [3.63, 3.8) is 0 Å². The topological polar surface area (TPSA) is 85.2 Å². The highest BCUT2D eigenvalue weighted by atomic mass is 19.1. The summed E-state index contributed by atoms with van der Waals surface area (Å²) in [5.41, 5.74) is 2.00. The Labute approximate surface area is 161 Å². The molecule has 0 atom stereocenters. The molecular weight excluding hydrogens is 363 g/mol. The molecule has 1 saturated heterocycles.